The topological polar surface area (TPSA) is 25.8 Å². The van der Waals surface area contributed by atoms with Crippen LogP contribution in [0.3, 0.4) is 0 Å². The van der Waals surface area contributed by atoms with Gasteiger partial charge in [-0.25, -0.2) is 0 Å². The molecule has 0 bridgehead atoms. The second kappa shape index (κ2) is 10.1. The van der Waals surface area contributed by atoms with Gasteiger partial charge in [0.25, 0.3) is 0 Å². The van der Waals surface area contributed by atoms with E-state index < -0.39 is 16.1 Å². The van der Waals surface area contributed by atoms with Crippen LogP contribution in [0.1, 0.15) is 94.5 Å². The molecule has 0 saturated heterocycles. The Labute approximate surface area is 208 Å². The summed E-state index contributed by atoms with van der Waals surface area (Å²) in [6, 6.07) is 0. The monoisotopic (exact) mass is 508 g/mol. The van der Waals surface area contributed by atoms with Crippen LogP contribution in [0.5, 0.6) is 0 Å². The van der Waals surface area contributed by atoms with Crippen molar-refractivity contribution in [2.45, 2.75) is 130 Å². The molecule has 0 aliphatic heterocycles. The summed E-state index contributed by atoms with van der Waals surface area (Å²) in [4.78, 5) is 13.4. The molecule has 0 unspecified atom stereocenters. The predicted molar refractivity (Wildman–Crippen MR) is 154 cm³/mol. The summed E-state index contributed by atoms with van der Waals surface area (Å²) in [5, 5.41) is 0. The molecule has 2 heterocycles. The standard InChI is InChI=1S/C26H48N2S2Si2/c1-15(2)31(16(3)4,17(5)6)25-27-21(13)23(29-25)24-22(14)28-26(30-24)32(18(7)8,19(9)10)20(11)12/h15-20H,1-14H3. The van der Waals surface area contributed by atoms with Crippen LogP contribution >= 0.6 is 22.7 Å². The van der Waals surface area contributed by atoms with Crippen LogP contribution in [0.2, 0.25) is 33.2 Å². The summed E-state index contributed by atoms with van der Waals surface area (Å²) in [6.45, 7) is 33.7. The average Bonchev–Trinajstić information content (AvgIpc) is 3.17. The van der Waals surface area contributed by atoms with Gasteiger partial charge in [-0.15, -0.1) is 22.7 Å². The maximum Gasteiger partial charge on any atom is 0.131 e. The molecule has 2 nitrogen and oxygen atoms in total. The molecule has 2 aromatic rings. The van der Waals surface area contributed by atoms with Crippen LogP contribution in [0.4, 0.5) is 0 Å². The van der Waals surface area contributed by atoms with Crippen molar-refractivity contribution in [3.05, 3.63) is 11.4 Å². The lowest BCUT2D eigenvalue weighted by Gasteiger charge is -2.41. The van der Waals surface area contributed by atoms with E-state index in [0.717, 1.165) is 0 Å². The van der Waals surface area contributed by atoms with Crippen molar-refractivity contribution < 1.29 is 0 Å². The van der Waals surface area contributed by atoms with Crippen LogP contribution in [0.25, 0.3) is 9.75 Å². The van der Waals surface area contributed by atoms with E-state index in [1.807, 2.05) is 22.7 Å². The highest BCUT2D eigenvalue weighted by molar-refractivity contribution is 7.34. The van der Waals surface area contributed by atoms with E-state index in [-0.39, 0.29) is 0 Å². The quantitative estimate of drug-likeness (QED) is 0.317. The van der Waals surface area contributed by atoms with Crippen molar-refractivity contribution in [1.29, 1.82) is 0 Å². The molecule has 0 aliphatic carbocycles. The number of hydrogen-bond donors (Lipinski definition) is 0. The van der Waals surface area contributed by atoms with Crippen molar-refractivity contribution in [2.24, 2.45) is 0 Å². The van der Waals surface area contributed by atoms with Crippen molar-refractivity contribution in [2.75, 3.05) is 0 Å². The van der Waals surface area contributed by atoms with Gasteiger partial charge < -0.3 is 0 Å². The van der Waals surface area contributed by atoms with Gasteiger partial charge in [-0.05, 0) is 47.1 Å². The zero-order valence-electron chi connectivity index (χ0n) is 23.2. The van der Waals surface area contributed by atoms with Gasteiger partial charge in [-0.3, -0.25) is 9.97 Å². The molecule has 0 fully saturated rings. The van der Waals surface area contributed by atoms with E-state index in [2.05, 4.69) is 96.9 Å². The predicted octanol–water partition coefficient (Wildman–Crippen LogP) is 8.66. The normalized spacial score (nSPS) is 13.8. The van der Waals surface area contributed by atoms with E-state index in [4.69, 9.17) is 9.97 Å². The first-order chi connectivity index (χ1) is 14.7. The minimum atomic E-state index is -1.75. The third-order valence-corrected chi connectivity index (χ3v) is 26.3. The largest absolute Gasteiger partial charge is 0.251 e. The summed E-state index contributed by atoms with van der Waals surface area (Å²) >= 11 is 4.01. The van der Waals surface area contributed by atoms with Gasteiger partial charge in [0.2, 0.25) is 0 Å². The highest BCUT2D eigenvalue weighted by atomic mass is 32.1. The van der Waals surface area contributed by atoms with E-state index in [0.29, 0.717) is 33.2 Å². The fourth-order valence-electron chi connectivity index (χ4n) is 7.07. The smallest absolute Gasteiger partial charge is 0.131 e. The Morgan fingerprint density at radius 3 is 0.875 bits per heavy atom. The van der Waals surface area contributed by atoms with Crippen LogP contribution in [0.15, 0.2) is 0 Å². The molecule has 182 valence electrons. The van der Waals surface area contributed by atoms with Crippen LogP contribution < -0.4 is 9.26 Å². The van der Waals surface area contributed by atoms with E-state index in [1.165, 1.54) is 30.4 Å². The molecule has 2 aromatic heterocycles. The Morgan fingerprint density at radius 2 is 0.688 bits per heavy atom. The Hall–Kier alpha value is -0.306. The summed E-state index contributed by atoms with van der Waals surface area (Å²) in [5.74, 6) is 0. The fourth-order valence-corrected chi connectivity index (χ4v) is 26.9. The first-order valence-corrected chi connectivity index (χ1v) is 18.7. The van der Waals surface area contributed by atoms with Gasteiger partial charge in [0, 0.05) is 0 Å². The summed E-state index contributed by atoms with van der Waals surface area (Å²) in [5.41, 5.74) is 6.53. The molecule has 2 rings (SSSR count). The van der Waals surface area contributed by atoms with Gasteiger partial charge in [-0.2, -0.15) is 0 Å². The number of hydrogen-bond acceptors (Lipinski definition) is 4. The Morgan fingerprint density at radius 1 is 0.469 bits per heavy atom. The van der Waals surface area contributed by atoms with Gasteiger partial charge in [0.1, 0.15) is 16.1 Å². The summed E-state index contributed by atoms with van der Waals surface area (Å²) in [7, 11) is -3.50. The lowest BCUT2D eigenvalue weighted by Crippen LogP contribution is -2.55. The Bertz CT molecular complexity index is 789. The second-order valence-corrected chi connectivity index (χ2v) is 26.0. The molecular weight excluding hydrogens is 461 g/mol. The highest BCUT2D eigenvalue weighted by Gasteiger charge is 2.49. The van der Waals surface area contributed by atoms with E-state index in [9.17, 15) is 0 Å². The Kier molecular flexibility index (Phi) is 8.84. The minimum Gasteiger partial charge on any atom is -0.251 e. The van der Waals surface area contributed by atoms with Gasteiger partial charge in [0.05, 0.1) is 30.4 Å². The molecular formula is C26H48N2S2Si2. The molecule has 0 atom stereocenters. The second-order valence-electron chi connectivity index (χ2n) is 11.7. The molecule has 0 saturated carbocycles. The lowest BCUT2D eigenvalue weighted by atomic mass is 10.3. The van der Waals surface area contributed by atoms with Crippen molar-refractivity contribution in [3.8, 4) is 9.75 Å². The van der Waals surface area contributed by atoms with Gasteiger partial charge in [0.15, 0.2) is 0 Å². The van der Waals surface area contributed by atoms with Gasteiger partial charge >= 0.3 is 0 Å². The highest BCUT2D eigenvalue weighted by Crippen LogP contribution is 2.46. The molecule has 0 amide bonds. The molecule has 32 heavy (non-hydrogen) atoms. The number of aryl methyl sites for hydroxylation is 2. The number of nitrogens with zero attached hydrogens (tertiary/aromatic N) is 2. The fraction of sp³-hybridized carbons (Fsp3) is 0.769. The summed E-state index contributed by atoms with van der Waals surface area (Å²) in [6.07, 6.45) is 0. The average molecular weight is 509 g/mol. The van der Waals surface area contributed by atoms with Crippen LogP contribution in [-0.2, 0) is 0 Å². The zero-order valence-corrected chi connectivity index (χ0v) is 26.8. The van der Waals surface area contributed by atoms with Gasteiger partial charge in [-0.1, -0.05) is 83.1 Å². The van der Waals surface area contributed by atoms with E-state index in [1.54, 1.807) is 0 Å². The molecule has 0 spiro atoms. The first-order valence-electron chi connectivity index (χ1n) is 12.6. The maximum atomic E-state index is 5.31. The number of thiazole rings is 2. The summed E-state index contributed by atoms with van der Waals surface area (Å²) < 4.78 is 2.92. The SMILES string of the molecule is Cc1nc([Si](C(C)C)(C(C)C)C(C)C)sc1-c1sc([Si](C(C)C)(C(C)C)C(C)C)nc1C. The number of aromatic nitrogens is 2. The Balaban J connectivity index is 2.73. The third kappa shape index (κ3) is 4.27. The minimum absolute atomic E-state index is 0.682. The first kappa shape index (κ1) is 27.9. The molecule has 6 heteroatoms. The van der Waals surface area contributed by atoms with Crippen molar-refractivity contribution in [3.63, 3.8) is 0 Å². The zero-order chi connectivity index (χ0) is 24.8. The maximum absolute atomic E-state index is 5.31. The van der Waals surface area contributed by atoms with E-state index >= 15 is 0 Å². The lowest BCUT2D eigenvalue weighted by molar-refractivity contribution is 0.833. The third-order valence-electron chi connectivity index (χ3n) is 8.27. The molecule has 0 aromatic carbocycles. The molecule has 0 N–H and O–H groups in total. The molecule has 0 radical (unpaired) electrons. The number of rotatable bonds is 9. The van der Waals surface area contributed by atoms with Crippen molar-refractivity contribution >= 4 is 48.1 Å². The van der Waals surface area contributed by atoms with Crippen molar-refractivity contribution in [1.82, 2.24) is 9.97 Å². The van der Waals surface area contributed by atoms with Crippen LogP contribution in [0, 0.1) is 13.8 Å². The molecule has 0 aliphatic rings. The van der Waals surface area contributed by atoms with Crippen LogP contribution in [-0.4, -0.2) is 26.1 Å².